The highest BCUT2D eigenvalue weighted by Gasteiger charge is 2.28. The molecule has 8 heteroatoms. The van der Waals surface area contributed by atoms with Crippen LogP contribution >= 0.6 is 11.6 Å². The average molecular weight is 388 g/mol. The van der Waals surface area contributed by atoms with E-state index < -0.39 is 18.9 Å². The first-order valence-corrected chi connectivity index (χ1v) is 8.09. The number of carbonyl (C=O) groups is 1. The first-order valence-electron chi connectivity index (χ1n) is 7.71. The minimum atomic E-state index is -4.38. The van der Waals surface area contributed by atoms with E-state index in [-0.39, 0.29) is 18.2 Å². The smallest absolute Gasteiger partial charge is 0.422 e. The molecular formula is C18H17ClF3NO3. The fourth-order valence-corrected chi connectivity index (χ4v) is 2.18. The Balaban J connectivity index is 1.81. The molecule has 0 bridgehead atoms. The van der Waals surface area contributed by atoms with Crippen LogP contribution in [0.15, 0.2) is 48.5 Å². The summed E-state index contributed by atoms with van der Waals surface area (Å²) in [4.78, 5) is 12.1. The number of alkyl halides is 3. The molecule has 0 radical (unpaired) electrons. The van der Waals surface area contributed by atoms with Crippen molar-refractivity contribution in [1.29, 1.82) is 0 Å². The summed E-state index contributed by atoms with van der Waals surface area (Å²) in [6.07, 6.45) is -5.12. The number of amides is 1. The average Bonchev–Trinajstić information content (AvgIpc) is 2.58. The maximum Gasteiger partial charge on any atom is 0.422 e. The Morgan fingerprint density at radius 1 is 1.15 bits per heavy atom. The molecule has 0 fully saturated rings. The lowest BCUT2D eigenvalue weighted by Gasteiger charge is -2.15. The van der Waals surface area contributed by atoms with Gasteiger partial charge in [-0.1, -0.05) is 29.8 Å². The van der Waals surface area contributed by atoms with Crippen molar-refractivity contribution in [2.75, 3.05) is 6.61 Å². The molecule has 0 saturated carbocycles. The predicted octanol–water partition coefficient (Wildman–Crippen LogP) is 4.36. The van der Waals surface area contributed by atoms with Crippen molar-refractivity contribution in [2.24, 2.45) is 0 Å². The molecule has 140 valence electrons. The van der Waals surface area contributed by atoms with Gasteiger partial charge in [0.1, 0.15) is 11.5 Å². The van der Waals surface area contributed by atoms with Crippen molar-refractivity contribution in [3.05, 3.63) is 59.1 Å². The lowest BCUT2D eigenvalue weighted by atomic mass is 10.2. The van der Waals surface area contributed by atoms with E-state index in [1.54, 1.807) is 43.3 Å². The van der Waals surface area contributed by atoms with Gasteiger partial charge in [0.05, 0.1) is 0 Å². The molecule has 0 aliphatic heterocycles. The third-order valence-electron chi connectivity index (χ3n) is 3.27. The molecule has 1 amide bonds. The van der Waals surface area contributed by atoms with Crippen molar-refractivity contribution < 1.29 is 27.4 Å². The minimum absolute atomic E-state index is 0.107. The molecule has 1 atom stereocenters. The van der Waals surface area contributed by atoms with Crippen LogP contribution in [0.3, 0.4) is 0 Å². The summed E-state index contributed by atoms with van der Waals surface area (Å²) in [6, 6.07) is 12.7. The summed E-state index contributed by atoms with van der Waals surface area (Å²) in [5.74, 6) is 0.253. The zero-order valence-corrected chi connectivity index (χ0v) is 14.6. The van der Waals surface area contributed by atoms with Crippen molar-refractivity contribution in [1.82, 2.24) is 5.32 Å². The zero-order chi connectivity index (χ0) is 19.2. The van der Waals surface area contributed by atoms with E-state index in [0.717, 1.165) is 0 Å². The van der Waals surface area contributed by atoms with Gasteiger partial charge in [-0.05, 0) is 42.8 Å². The van der Waals surface area contributed by atoms with Crippen molar-refractivity contribution in [2.45, 2.75) is 25.7 Å². The van der Waals surface area contributed by atoms with E-state index in [1.807, 2.05) is 0 Å². The molecule has 4 nitrogen and oxygen atoms in total. The Morgan fingerprint density at radius 2 is 1.85 bits per heavy atom. The number of rotatable bonds is 7. The monoisotopic (exact) mass is 387 g/mol. The number of carbonyl (C=O) groups excluding carboxylic acids is 1. The summed E-state index contributed by atoms with van der Waals surface area (Å²) < 4.78 is 46.4. The number of nitrogens with one attached hydrogen (secondary N) is 1. The fourth-order valence-electron chi connectivity index (χ4n) is 2.00. The van der Waals surface area contributed by atoms with Gasteiger partial charge >= 0.3 is 6.18 Å². The van der Waals surface area contributed by atoms with Crippen LogP contribution in [0.25, 0.3) is 0 Å². The Bertz CT molecular complexity index is 735. The van der Waals surface area contributed by atoms with E-state index >= 15 is 0 Å². The minimum Gasteiger partial charge on any atom is -0.484 e. The Hall–Kier alpha value is -2.41. The van der Waals surface area contributed by atoms with Crippen LogP contribution in [0.4, 0.5) is 13.2 Å². The standard InChI is InChI=1S/C18H17ClF3NO3/c1-12(26-16-4-2-3-14(19)9-16)17(24)23-10-13-5-7-15(8-6-13)25-11-18(20,21)22/h2-9,12H,10-11H2,1H3,(H,23,24). The Morgan fingerprint density at radius 3 is 2.46 bits per heavy atom. The second kappa shape index (κ2) is 8.80. The van der Waals surface area contributed by atoms with Gasteiger partial charge in [-0.15, -0.1) is 0 Å². The van der Waals surface area contributed by atoms with Gasteiger partial charge in [0.2, 0.25) is 0 Å². The molecule has 0 aromatic heterocycles. The Kier molecular flexibility index (Phi) is 6.74. The summed E-state index contributed by atoms with van der Waals surface area (Å²) in [6.45, 7) is 0.466. The molecule has 1 unspecified atom stereocenters. The van der Waals surface area contributed by atoms with Crippen LogP contribution in [0.1, 0.15) is 12.5 Å². The second-order valence-electron chi connectivity index (χ2n) is 5.48. The maximum absolute atomic E-state index is 12.1. The van der Waals surface area contributed by atoms with Crippen LogP contribution in [0.2, 0.25) is 5.02 Å². The van der Waals surface area contributed by atoms with E-state index in [1.165, 1.54) is 12.1 Å². The third kappa shape index (κ3) is 6.84. The summed E-state index contributed by atoms with van der Waals surface area (Å²) in [5, 5.41) is 3.19. The van der Waals surface area contributed by atoms with E-state index in [9.17, 15) is 18.0 Å². The highest BCUT2D eigenvalue weighted by molar-refractivity contribution is 6.30. The molecule has 2 aromatic carbocycles. The lowest BCUT2D eigenvalue weighted by molar-refractivity contribution is -0.153. The van der Waals surface area contributed by atoms with Crippen LogP contribution in [0, 0.1) is 0 Å². The van der Waals surface area contributed by atoms with Crippen molar-refractivity contribution >= 4 is 17.5 Å². The van der Waals surface area contributed by atoms with Gasteiger partial charge in [-0.3, -0.25) is 4.79 Å². The summed E-state index contributed by atoms with van der Waals surface area (Å²) in [5.41, 5.74) is 0.715. The van der Waals surface area contributed by atoms with Gasteiger partial charge in [0.25, 0.3) is 5.91 Å². The number of ether oxygens (including phenoxy) is 2. The predicted molar refractivity (Wildman–Crippen MR) is 91.4 cm³/mol. The summed E-state index contributed by atoms with van der Waals surface area (Å²) >= 11 is 5.86. The number of benzene rings is 2. The van der Waals surface area contributed by atoms with Gasteiger partial charge < -0.3 is 14.8 Å². The quantitative estimate of drug-likeness (QED) is 0.767. The van der Waals surface area contributed by atoms with Crippen LogP contribution in [-0.2, 0) is 11.3 Å². The molecule has 0 aliphatic carbocycles. The molecule has 0 saturated heterocycles. The molecule has 0 spiro atoms. The molecule has 0 heterocycles. The van der Waals surface area contributed by atoms with Crippen LogP contribution in [0.5, 0.6) is 11.5 Å². The first-order chi connectivity index (χ1) is 12.2. The summed E-state index contributed by atoms with van der Waals surface area (Å²) in [7, 11) is 0. The highest BCUT2D eigenvalue weighted by Crippen LogP contribution is 2.20. The fraction of sp³-hybridized carbons (Fsp3) is 0.278. The van der Waals surface area contributed by atoms with E-state index in [4.69, 9.17) is 16.3 Å². The van der Waals surface area contributed by atoms with Gasteiger partial charge in [0.15, 0.2) is 12.7 Å². The highest BCUT2D eigenvalue weighted by atomic mass is 35.5. The van der Waals surface area contributed by atoms with Gasteiger partial charge in [-0.2, -0.15) is 13.2 Å². The van der Waals surface area contributed by atoms with Crippen LogP contribution < -0.4 is 14.8 Å². The molecular weight excluding hydrogens is 371 g/mol. The number of halogens is 4. The SMILES string of the molecule is CC(Oc1cccc(Cl)c1)C(=O)NCc1ccc(OCC(F)(F)F)cc1. The van der Waals surface area contributed by atoms with Crippen molar-refractivity contribution in [3.63, 3.8) is 0 Å². The largest absolute Gasteiger partial charge is 0.484 e. The Labute approximate surface area is 153 Å². The zero-order valence-electron chi connectivity index (χ0n) is 13.8. The second-order valence-corrected chi connectivity index (χ2v) is 5.92. The topological polar surface area (TPSA) is 47.6 Å². The van der Waals surface area contributed by atoms with Crippen molar-refractivity contribution in [3.8, 4) is 11.5 Å². The molecule has 2 rings (SSSR count). The van der Waals surface area contributed by atoms with Gasteiger partial charge in [0, 0.05) is 11.6 Å². The number of hydrogen-bond acceptors (Lipinski definition) is 3. The van der Waals surface area contributed by atoms with E-state index in [2.05, 4.69) is 10.1 Å². The molecule has 2 aromatic rings. The lowest BCUT2D eigenvalue weighted by Crippen LogP contribution is -2.35. The van der Waals surface area contributed by atoms with Gasteiger partial charge in [-0.25, -0.2) is 0 Å². The third-order valence-corrected chi connectivity index (χ3v) is 3.51. The first kappa shape index (κ1) is 19.9. The van der Waals surface area contributed by atoms with E-state index in [0.29, 0.717) is 16.3 Å². The molecule has 0 aliphatic rings. The number of hydrogen-bond donors (Lipinski definition) is 1. The molecule has 1 N–H and O–H groups in total. The van der Waals surface area contributed by atoms with Crippen LogP contribution in [-0.4, -0.2) is 24.8 Å². The molecule has 26 heavy (non-hydrogen) atoms. The normalized spacial score (nSPS) is 12.3. The maximum atomic E-state index is 12.1.